The normalized spacial score (nSPS) is 13.1. The van der Waals surface area contributed by atoms with Crippen molar-refractivity contribution in [3.63, 3.8) is 0 Å². The van der Waals surface area contributed by atoms with Gasteiger partial charge in [0, 0.05) is 24.5 Å². The number of carbonyl (C=O) groups excluding carboxylic acids is 1. The third kappa shape index (κ3) is 5.48. The maximum Gasteiger partial charge on any atom is 0.326 e. The topological polar surface area (TPSA) is 115 Å². The fourth-order valence-corrected chi connectivity index (χ4v) is 4.10. The lowest BCUT2D eigenvalue weighted by molar-refractivity contribution is -0.150. The van der Waals surface area contributed by atoms with Crippen molar-refractivity contribution in [3.05, 3.63) is 71.9 Å². The highest BCUT2D eigenvalue weighted by Crippen LogP contribution is 2.23. The van der Waals surface area contributed by atoms with Crippen molar-refractivity contribution >= 4 is 22.8 Å². The monoisotopic (exact) mass is 436 g/mol. The van der Waals surface area contributed by atoms with E-state index in [2.05, 4.69) is 6.92 Å². The molecule has 2 aromatic carbocycles. The molecule has 0 bridgehead atoms. The molecule has 2 unspecified atom stereocenters. The van der Waals surface area contributed by atoms with Crippen LogP contribution < -0.4 is 11.6 Å². The van der Waals surface area contributed by atoms with Crippen LogP contribution in [0.5, 0.6) is 0 Å². The van der Waals surface area contributed by atoms with Gasteiger partial charge in [-0.15, -0.1) is 0 Å². The molecular weight excluding hydrogens is 404 g/mol. The van der Waals surface area contributed by atoms with E-state index in [1.54, 1.807) is 6.20 Å². The number of benzene rings is 2. The molecule has 0 aliphatic rings. The van der Waals surface area contributed by atoms with Crippen molar-refractivity contribution in [1.82, 2.24) is 9.58 Å². The van der Waals surface area contributed by atoms with Crippen LogP contribution in [-0.2, 0) is 22.4 Å². The summed E-state index contributed by atoms with van der Waals surface area (Å²) in [6, 6.07) is 15.3. The van der Waals surface area contributed by atoms with E-state index in [1.165, 1.54) is 9.58 Å². The molecule has 0 aliphatic heterocycles. The van der Waals surface area contributed by atoms with Gasteiger partial charge in [0.25, 0.3) is 0 Å². The number of carboxylic acids is 1. The smallest absolute Gasteiger partial charge is 0.326 e. The molecule has 7 heteroatoms. The standard InChI is InChI=1S/C25H32N4O3/c1-2-3-9-14-28(24(30)21(26)15-18-10-5-4-6-11-18)23(25(31)32)16-19-17-29(27)22-13-8-7-12-20(19)22/h4-8,10-13,17,21,23H,2-3,9,14-16,26-27H2,1H3,(H,31,32). The van der Waals surface area contributed by atoms with Gasteiger partial charge in [-0.05, 0) is 30.0 Å². The zero-order valence-electron chi connectivity index (χ0n) is 18.5. The summed E-state index contributed by atoms with van der Waals surface area (Å²) in [6.45, 7) is 2.42. The lowest BCUT2D eigenvalue weighted by Crippen LogP contribution is -2.53. The molecule has 170 valence electrons. The first-order valence-corrected chi connectivity index (χ1v) is 11.1. The number of para-hydroxylation sites is 1. The molecular formula is C25H32N4O3. The van der Waals surface area contributed by atoms with Gasteiger partial charge in [0.1, 0.15) is 6.04 Å². The van der Waals surface area contributed by atoms with Gasteiger partial charge in [-0.3, -0.25) is 9.47 Å². The number of nitrogens with zero attached hydrogens (tertiary/aromatic N) is 2. The first-order chi connectivity index (χ1) is 15.4. The highest BCUT2D eigenvalue weighted by molar-refractivity contribution is 5.89. The fraction of sp³-hybridized carbons (Fsp3) is 0.360. The maximum atomic E-state index is 13.4. The molecule has 32 heavy (non-hydrogen) atoms. The minimum absolute atomic E-state index is 0.163. The molecule has 0 radical (unpaired) electrons. The first-order valence-electron chi connectivity index (χ1n) is 11.1. The Labute approximate surface area is 188 Å². The lowest BCUT2D eigenvalue weighted by atomic mass is 10.0. The van der Waals surface area contributed by atoms with Crippen molar-refractivity contribution in [1.29, 1.82) is 0 Å². The minimum atomic E-state index is -1.05. The molecule has 0 spiro atoms. The Morgan fingerprint density at radius 3 is 2.41 bits per heavy atom. The Balaban J connectivity index is 1.87. The minimum Gasteiger partial charge on any atom is -0.480 e. The van der Waals surface area contributed by atoms with Gasteiger partial charge in [-0.25, -0.2) is 4.79 Å². The van der Waals surface area contributed by atoms with Crippen LogP contribution in [0.1, 0.15) is 37.3 Å². The SMILES string of the molecule is CCCCCN(C(=O)C(N)Cc1ccccc1)C(Cc1cn(N)c2ccccc12)C(=O)O. The summed E-state index contributed by atoms with van der Waals surface area (Å²) in [5, 5.41) is 11.0. The van der Waals surface area contributed by atoms with E-state index < -0.39 is 18.1 Å². The quantitative estimate of drug-likeness (QED) is 0.316. The number of fused-ring (bicyclic) bond motifs is 1. The summed E-state index contributed by atoms with van der Waals surface area (Å²) in [4.78, 5) is 27.1. The second-order valence-electron chi connectivity index (χ2n) is 8.17. The lowest BCUT2D eigenvalue weighted by Gasteiger charge is -2.31. The first kappa shape index (κ1) is 23.3. The second-order valence-corrected chi connectivity index (χ2v) is 8.17. The van der Waals surface area contributed by atoms with E-state index in [4.69, 9.17) is 11.6 Å². The van der Waals surface area contributed by atoms with Gasteiger partial charge in [0.15, 0.2) is 0 Å². The van der Waals surface area contributed by atoms with Crippen LogP contribution in [0.3, 0.4) is 0 Å². The van der Waals surface area contributed by atoms with Crippen LogP contribution in [0.2, 0.25) is 0 Å². The zero-order chi connectivity index (χ0) is 23.1. The third-order valence-corrected chi connectivity index (χ3v) is 5.80. The van der Waals surface area contributed by atoms with E-state index in [1.807, 2.05) is 54.6 Å². The highest BCUT2D eigenvalue weighted by Gasteiger charge is 2.33. The number of aliphatic carboxylic acids is 1. The number of carbonyl (C=O) groups is 2. The van der Waals surface area contributed by atoms with Crippen LogP contribution in [0, 0.1) is 0 Å². The zero-order valence-corrected chi connectivity index (χ0v) is 18.5. The average molecular weight is 437 g/mol. The van der Waals surface area contributed by atoms with Crippen molar-refractivity contribution in [3.8, 4) is 0 Å². The van der Waals surface area contributed by atoms with Crippen LogP contribution in [0.25, 0.3) is 10.9 Å². The Morgan fingerprint density at radius 2 is 1.72 bits per heavy atom. The van der Waals surface area contributed by atoms with Crippen molar-refractivity contribution < 1.29 is 14.7 Å². The molecule has 1 amide bonds. The number of amides is 1. The third-order valence-electron chi connectivity index (χ3n) is 5.80. The molecule has 3 aromatic rings. The van der Waals surface area contributed by atoms with Crippen LogP contribution >= 0.6 is 0 Å². The summed E-state index contributed by atoms with van der Waals surface area (Å²) >= 11 is 0. The molecule has 1 aromatic heterocycles. The number of unbranched alkanes of at least 4 members (excludes halogenated alkanes) is 2. The van der Waals surface area contributed by atoms with E-state index >= 15 is 0 Å². The maximum absolute atomic E-state index is 13.4. The van der Waals surface area contributed by atoms with E-state index in [0.717, 1.165) is 41.3 Å². The van der Waals surface area contributed by atoms with E-state index in [9.17, 15) is 14.7 Å². The Hall–Kier alpha value is -3.32. The molecule has 3 rings (SSSR count). The van der Waals surface area contributed by atoms with Gasteiger partial charge in [-0.1, -0.05) is 68.3 Å². The van der Waals surface area contributed by atoms with Crippen molar-refractivity contribution in [2.24, 2.45) is 5.73 Å². The van der Waals surface area contributed by atoms with Crippen LogP contribution in [-0.4, -0.2) is 45.2 Å². The number of aromatic nitrogens is 1. The van der Waals surface area contributed by atoms with Crippen LogP contribution in [0.15, 0.2) is 60.8 Å². The Morgan fingerprint density at radius 1 is 1.03 bits per heavy atom. The molecule has 7 nitrogen and oxygen atoms in total. The largest absolute Gasteiger partial charge is 0.480 e. The van der Waals surface area contributed by atoms with E-state index in [-0.39, 0.29) is 12.3 Å². The fourth-order valence-electron chi connectivity index (χ4n) is 4.10. The number of carboxylic acid groups (broad SMARTS) is 1. The number of nitrogens with two attached hydrogens (primary N) is 2. The number of hydrogen-bond donors (Lipinski definition) is 3. The van der Waals surface area contributed by atoms with Gasteiger partial charge < -0.3 is 21.6 Å². The summed E-state index contributed by atoms with van der Waals surface area (Å²) in [6.07, 6.45) is 4.86. The van der Waals surface area contributed by atoms with Gasteiger partial charge >= 0.3 is 5.97 Å². The van der Waals surface area contributed by atoms with E-state index in [0.29, 0.717) is 13.0 Å². The summed E-state index contributed by atoms with van der Waals surface area (Å²) in [5.74, 6) is 4.68. The van der Waals surface area contributed by atoms with Gasteiger partial charge in [0.2, 0.25) is 5.91 Å². The molecule has 0 saturated heterocycles. The molecule has 0 aliphatic carbocycles. The van der Waals surface area contributed by atoms with Crippen molar-refractivity contribution in [2.75, 3.05) is 12.4 Å². The molecule has 0 fully saturated rings. The van der Waals surface area contributed by atoms with Gasteiger partial charge in [0.05, 0.1) is 11.6 Å². The number of nitrogen functional groups attached to an aromatic ring is 1. The molecule has 5 N–H and O–H groups in total. The predicted molar refractivity (Wildman–Crippen MR) is 127 cm³/mol. The van der Waals surface area contributed by atoms with Crippen molar-refractivity contribution in [2.45, 2.75) is 51.1 Å². The second kappa shape index (κ2) is 10.8. The summed E-state index contributed by atoms with van der Waals surface area (Å²) < 4.78 is 1.49. The average Bonchev–Trinajstić information content (AvgIpc) is 3.11. The molecule has 0 saturated carbocycles. The summed E-state index contributed by atoms with van der Waals surface area (Å²) in [7, 11) is 0. The predicted octanol–water partition coefficient (Wildman–Crippen LogP) is 2.94. The number of rotatable bonds is 11. The highest BCUT2D eigenvalue weighted by atomic mass is 16.4. The Bertz CT molecular complexity index is 1050. The summed E-state index contributed by atoms with van der Waals surface area (Å²) in [5.41, 5.74) is 8.82. The Kier molecular flexibility index (Phi) is 7.89. The number of hydrogen-bond acceptors (Lipinski definition) is 4. The van der Waals surface area contributed by atoms with Gasteiger partial charge in [-0.2, -0.15) is 0 Å². The van der Waals surface area contributed by atoms with Crippen LogP contribution in [0.4, 0.5) is 0 Å². The molecule has 1 heterocycles. The molecule has 2 atom stereocenters.